The molecule has 164 valence electrons. The maximum absolute atomic E-state index is 13.5. The van der Waals surface area contributed by atoms with E-state index in [2.05, 4.69) is 15.5 Å². The summed E-state index contributed by atoms with van der Waals surface area (Å²) in [5, 5.41) is 11.1. The zero-order valence-corrected chi connectivity index (χ0v) is 18.2. The number of rotatable bonds is 6. The van der Waals surface area contributed by atoms with E-state index >= 15 is 0 Å². The first-order valence-corrected chi connectivity index (χ1v) is 10.4. The number of nitrogens with one attached hydrogen (secondary N) is 1. The third kappa shape index (κ3) is 4.44. The average Bonchev–Trinajstić information content (AvgIpc) is 3.14. The summed E-state index contributed by atoms with van der Waals surface area (Å²) in [6.45, 7) is 5.99. The summed E-state index contributed by atoms with van der Waals surface area (Å²) in [6, 6.07) is 11.6. The van der Waals surface area contributed by atoms with E-state index in [1.807, 2.05) is 39.0 Å². The van der Waals surface area contributed by atoms with Gasteiger partial charge in [0, 0.05) is 30.9 Å². The van der Waals surface area contributed by atoms with Gasteiger partial charge in [-0.25, -0.2) is 4.39 Å². The molecule has 1 atom stereocenters. The Kier molecular flexibility index (Phi) is 5.85. The molecule has 0 radical (unpaired) electrons. The van der Waals surface area contributed by atoms with Crippen LogP contribution in [0.1, 0.15) is 30.3 Å². The van der Waals surface area contributed by atoms with Gasteiger partial charge in [-0.3, -0.25) is 18.6 Å². The number of benzene rings is 2. The number of halogens is 1. The predicted octanol–water partition coefficient (Wildman–Crippen LogP) is 3.84. The number of amides is 1. The molecule has 1 amide bonds. The highest BCUT2D eigenvalue weighted by atomic mass is 19.1. The molecule has 2 heterocycles. The molecule has 0 aliphatic carbocycles. The van der Waals surface area contributed by atoms with Gasteiger partial charge in [0.25, 0.3) is 0 Å². The van der Waals surface area contributed by atoms with Gasteiger partial charge in [0.05, 0.1) is 5.69 Å². The van der Waals surface area contributed by atoms with Gasteiger partial charge in [0.15, 0.2) is 0 Å². The van der Waals surface area contributed by atoms with Gasteiger partial charge < -0.3 is 5.32 Å². The van der Waals surface area contributed by atoms with Crippen molar-refractivity contribution in [3.05, 3.63) is 88.0 Å². The van der Waals surface area contributed by atoms with Crippen LogP contribution in [0.15, 0.2) is 59.7 Å². The van der Waals surface area contributed by atoms with Gasteiger partial charge in [-0.15, -0.1) is 10.2 Å². The molecule has 0 saturated carbocycles. The smallest absolute Gasteiger partial charge is 0.300 e. The van der Waals surface area contributed by atoms with Crippen molar-refractivity contribution in [3.63, 3.8) is 0 Å². The van der Waals surface area contributed by atoms with Crippen LogP contribution in [0.25, 0.3) is 11.3 Å². The van der Waals surface area contributed by atoms with Gasteiger partial charge >= 0.3 is 5.56 Å². The SMILES string of the molecule is Cc1ccc(NC(=O)CC(C)Cc2nnc3c(=O)n(-c4cccc(F)c4)ccn23)cc1C. The van der Waals surface area contributed by atoms with Gasteiger partial charge in [-0.05, 0) is 61.2 Å². The van der Waals surface area contributed by atoms with Crippen LogP contribution in [0.3, 0.4) is 0 Å². The first-order chi connectivity index (χ1) is 15.3. The highest BCUT2D eigenvalue weighted by Gasteiger charge is 2.16. The standard InChI is InChI=1S/C24H24FN5O2/c1-15(12-22(31)26-19-8-7-16(2)17(3)13-19)11-21-27-28-23-24(32)29(9-10-30(21)23)20-6-4-5-18(25)14-20/h4-10,13-15H,11-12H2,1-3H3,(H,26,31). The van der Waals surface area contributed by atoms with E-state index in [4.69, 9.17) is 0 Å². The van der Waals surface area contributed by atoms with Crippen molar-refractivity contribution in [1.82, 2.24) is 19.2 Å². The zero-order valence-electron chi connectivity index (χ0n) is 18.2. The fourth-order valence-corrected chi connectivity index (χ4v) is 3.63. The Hall–Kier alpha value is -3.81. The monoisotopic (exact) mass is 433 g/mol. The number of carbonyl (C=O) groups excluding carboxylic acids is 1. The second-order valence-electron chi connectivity index (χ2n) is 8.12. The summed E-state index contributed by atoms with van der Waals surface area (Å²) >= 11 is 0. The number of carbonyl (C=O) groups is 1. The first kappa shape index (κ1) is 21.4. The molecule has 1 N–H and O–H groups in total. The number of hydrogen-bond acceptors (Lipinski definition) is 4. The van der Waals surface area contributed by atoms with Crippen molar-refractivity contribution in [2.45, 2.75) is 33.6 Å². The van der Waals surface area contributed by atoms with Crippen LogP contribution in [0.5, 0.6) is 0 Å². The Morgan fingerprint density at radius 3 is 2.66 bits per heavy atom. The Balaban J connectivity index is 1.48. The van der Waals surface area contributed by atoms with Crippen LogP contribution >= 0.6 is 0 Å². The summed E-state index contributed by atoms with van der Waals surface area (Å²) in [7, 11) is 0. The third-order valence-electron chi connectivity index (χ3n) is 5.48. The van der Waals surface area contributed by atoms with Crippen LogP contribution in [0, 0.1) is 25.6 Å². The molecule has 0 spiro atoms. The van der Waals surface area contributed by atoms with E-state index in [1.165, 1.54) is 22.3 Å². The van der Waals surface area contributed by atoms with Crippen molar-refractivity contribution in [2.24, 2.45) is 5.92 Å². The number of aromatic nitrogens is 4. The summed E-state index contributed by atoms with van der Waals surface area (Å²) < 4.78 is 16.5. The molecular weight excluding hydrogens is 409 g/mol. The third-order valence-corrected chi connectivity index (χ3v) is 5.48. The highest BCUT2D eigenvalue weighted by molar-refractivity contribution is 5.91. The van der Waals surface area contributed by atoms with Crippen molar-refractivity contribution >= 4 is 17.2 Å². The molecule has 1 unspecified atom stereocenters. The molecule has 0 bridgehead atoms. The second-order valence-corrected chi connectivity index (χ2v) is 8.12. The van der Waals surface area contributed by atoms with E-state index in [0.29, 0.717) is 24.4 Å². The Morgan fingerprint density at radius 2 is 1.91 bits per heavy atom. The molecule has 4 aromatic rings. The van der Waals surface area contributed by atoms with E-state index in [9.17, 15) is 14.0 Å². The van der Waals surface area contributed by atoms with Crippen LogP contribution in [0.2, 0.25) is 0 Å². The van der Waals surface area contributed by atoms with E-state index in [1.54, 1.807) is 28.9 Å². The lowest BCUT2D eigenvalue weighted by Crippen LogP contribution is -2.21. The summed E-state index contributed by atoms with van der Waals surface area (Å²) in [4.78, 5) is 25.3. The molecule has 0 fully saturated rings. The van der Waals surface area contributed by atoms with E-state index in [-0.39, 0.29) is 17.5 Å². The molecule has 32 heavy (non-hydrogen) atoms. The quantitative estimate of drug-likeness (QED) is 0.501. The highest BCUT2D eigenvalue weighted by Crippen LogP contribution is 2.17. The number of hydrogen-bond donors (Lipinski definition) is 1. The van der Waals surface area contributed by atoms with Crippen molar-refractivity contribution < 1.29 is 9.18 Å². The molecule has 2 aromatic carbocycles. The zero-order chi connectivity index (χ0) is 22.8. The summed E-state index contributed by atoms with van der Waals surface area (Å²) in [5.41, 5.74) is 3.24. The number of aryl methyl sites for hydroxylation is 2. The lowest BCUT2D eigenvalue weighted by Gasteiger charge is -2.12. The van der Waals surface area contributed by atoms with Gasteiger partial charge in [0.1, 0.15) is 11.6 Å². The Bertz CT molecular complexity index is 1360. The number of anilines is 1. The van der Waals surface area contributed by atoms with Crippen LogP contribution in [0.4, 0.5) is 10.1 Å². The van der Waals surface area contributed by atoms with Crippen molar-refractivity contribution in [1.29, 1.82) is 0 Å². The van der Waals surface area contributed by atoms with Gasteiger partial charge in [-0.2, -0.15) is 0 Å². The maximum Gasteiger partial charge on any atom is 0.300 e. The molecule has 0 aliphatic heterocycles. The van der Waals surface area contributed by atoms with Crippen molar-refractivity contribution in [3.8, 4) is 5.69 Å². The fraction of sp³-hybridized carbons (Fsp3) is 0.250. The fourth-order valence-electron chi connectivity index (χ4n) is 3.63. The molecule has 0 aliphatic rings. The minimum absolute atomic E-state index is 0.0143. The molecule has 4 rings (SSSR count). The Labute approximate surface area is 184 Å². The molecule has 0 saturated heterocycles. The first-order valence-electron chi connectivity index (χ1n) is 10.4. The molecule has 8 heteroatoms. The topological polar surface area (TPSA) is 81.3 Å². The molecule has 7 nitrogen and oxygen atoms in total. The minimum atomic E-state index is -0.427. The predicted molar refractivity (Wildman–Crippen MR) is 121 cm³/mol. The van der Waals surface area contributed by atoms with Crippen LogP contribution in [-0.2, 0) is 11.2 Å². The maximum atomic E-state index is 13.5. The largest absolute Gasteiger partial charge is 0.326 e. The van der Waals surface area contributed by atoms with E-state index < -0.39 is 11.4 Å². The van der Waals surface area contributed by atoms with Gasteiger partial charge in [0.2, 0.25) is 11.6 Å². The van der Waals surface area contributed by atoms with E-state index in [0.717, 1.165) is 11.3 Å². The number of fused-ring (bicyclic) bond motifs is 1. The van der Waals surface area contributed by atoms with Crippen LogP contribution in [-0.4, -0.2) is 25.1 Å². The van der Waals surface area contributed by atoms with Gasteiger partial charge in [-0.1, -0.05) is 19.1 Å². The lowest BCUT2D eigenvalue weighted by atomic mass is 10.0. The lowest BCUT2D eigenvalue weighted by molar-refractivity contribution is -0.116. The molecular formula is C24H24FN5O2. The normalized spacial score (nSPS) is 12.1. The minimum Gasteiger partial charge on any atom is -0.326 e. The second kappa shape index (κ2) is 8.74. The number of nitrogens with zero attached hydrogens (tertiary/aromatic N) is 4. The molecule has 2 aromatic heterocycles. The summed E-state index contributed by atoms with van der Waals surface area (Å²) in [5.74, 6) is 0.0712. The van der Waals surface area contributed by atoms with Crippen molar-refractivity contribution in [2.75, 3.05) is 5.32 Å². The Morgan fingerprint density at radius 1 is 1.09 bits per heavy atom. The average molecular weight is 433 g/mol. The van der Waals surface area contributed by atoms with Crippen LogP contribution < -0.4 is 10.9 Å². The summed E-state index contributed by atoms with van der Waals surface area (Å²) in [6.07, 6.45) is 4.03.